The molecule has 0 bridgehead atoms. The predicted octanol–water partition coefficient (Wildman–Crippen LogP) is 4.88. The summed E-state index contributed by atoms with van der Waals surface area (Å²) in [5, 5.41) is 0. The fraction of sp³-hybridized carbons (Fsp3) is 0.571. The Morgan fingerprint density at radius 2 is 1.81 bits per heavy atom. The normalized spacial score (nSPS) is 18.9. The van der Waals surface area contributed by atoms with Crippen LogP contribution in [0.2, 0.25) is 0 Å². The van der Waals surface area contributed by atoms with E-state index in [-0.39, 0.29) is 0 Å². The van der Waals surface area contributed by atoms with Crippen LogP contribution >= 0.6 is 34.2 Å². The van der Waals surface area contributed by atoms with Gasteiger partial charge in [-0.2, -0.15) is 0 Å². The van der Waals surface area contributed by atoms with Crippen molar-refractivity contribution in [3.8, 4) is 0 Å². The van der Waals surface area contributed by atoms with Crippen molar-refractivity contribution in [3.05, 3.63) is 33.4 Å². The molecule has 0 heterocycles. The van der Waals surface area contributed by atoms with Crippen molar-refractivity contribution in [1.82, 2.24) is 0 Å². The van der Waals surface area contributed by atoms with E-state index in [1.165, 1.54) is 34.8 Å². The molecule has 1 fully saturated rings. The number of alkyl halides is 1. The third-order valence-electron chi connectivity index (χ3n) is 3.68. The molecule has 0 nitrogen and oxygen atoms in total. The summed E-state index contributed by atoms with van der Waals surface area (Å²) in [7, 11) is 0. The molecule has 1 unspecified atom stereocenters. The van der Waals surface area contributed by atoms with Gasteiger partial charge in [0.25, 0.3) is 0 Å². The molecule has 2 rings (SSSR count). The SMILES string of the molecule is ClCC(Cc1ccc(I)cc1)C1CCCC1. The highest BCUT2D eigenvalue weighted by molar-refractivity contribution is 14.1. The van der Waals surface area contributed by atoms with Crippen LogP contribution in [0.5, 0.6) is 0 Å². The molecule has 1 aliphatic carbocycles. The molecule has 0 aliphatic heterocycles. The number of benzene rings is 1. The van der Waals surface area contributed by atoms with Gasteiger partial charge in [-0.25, -0.2) is 0 Å². The van der Waals surface area contributed by atoms with Crippen molar-refractivity contribution in [3.63, 3.8) is 0 Å². The van der Waals surface area contributed by atoms with E-state index in [2.05, 4.69) is 46.9 Å². The van der Waals surface area contributed by atoms with Gasteiger partial charge in [-0.3, -0.25) is 0 Å². The lowest BCUT2D eigenvalue weighted by molar-refractivity contribution is 0.369. The Hall–Kier alpha value is 0.240. The fourth-order valence-corrected chi connectivity index (χ4v) is 3.42. The minimum atomic E-state index is 0.684. The van der Waals surface area contributed by atoms with E-state index in [4.69, 9.17) is 11.6 Å². The zero-order valence-electron chi connectivity index (χ0n) is 9.46. The maximum atomic E-state index is 6.13. The first-order chi connectivity index (χ1) is 7.79. The van der Waals surface area contributed by atoms with Gasteiger partial charge < -0.3 is 0 Å². The highest BCUT2D eigenvalue weighted by atomic mass is 127. The lowest BCUT2D eigenvalue weighted by Crippen LogP contribution is -2.16. The van der Waals surface area contributed by atoms with Crippen LogP contribution in [-0.2, 0) is 6.42 Å². The average molecular weight is 349 g/mol. The number of halogens is 2. The Morgan fingerprint density at radius 1 is 1.19 bits per heavy atom. The van der Waals surface area contributed by atoms with Gasteiger partial charge in [0.1, 0.15) is 0 Å². The van der Waals surface area contributed by atoms with Crippen molar-refractivity contribution < 1.29 is 0 Å². The largest absolute Gasteiger partial charge is 0.126 e. The quantitative estimate of drug-likeness (QED) is 0.537. The van der Waals surface area contributed by atoms with Crippen LogP contribution in [0.15, 0.2) is 24.3 Å². The van der Waals surface area contributed by atoms with Gasteiger partial charge in [-0.05, 0) is 58.5 Å². The number of hydrogen-bond acceptors (Lipinski definition) is 0. The summed E-state index contributed by atoms with van der Waals surface area (Å²) in [6.45, 7) is 0. The van der Waals surface area contributed by atoms with Gasteiger partial charge in [0.05, 0.1) is 0 Å². The molecule has 1 aromatic carbocycles. The topological polar surface area (TPSA) is 0 Å². The molecule has 1 atom stereocenters. The van der Waals surface area contributed by atoms with E-state index in [0.29, 0.717) is 5.92 Å². The highest BCUT2D eigenvalue weighted by Gasteiger charge is 2.24. The van der Waals surface area contributed by atoms with Gasteiger partial charge in [-0.15, -0.1) is 11.6 Å². The van der Waals surface area contributed by atoms with E-state index in [9.17, 15) is 0 Å². The van der Waals surface area contributed by atoms with E-state index in [1.54, 1.807) is 0 Å². The second kappa shape index (κ2) is 6.25. The van der Waals surface area contributed by atoms with E-state index < -0.39 is 0 Å². The first-order valence-electron chi connectivity index (χ1n) is 6.10. The first kappa shape index (κ1) is 12.7. The third-order valence-corrected chi connectivity index (χ3v) is 4.79. The average Bonchev–Trinajstić information content (AvgIpc) is 2.82. The Kier molecular flexibility index (Phi) is 4.96. The first-order valence-corrected chi connectivity index (χ1v) is 7.71. The van der Waals surface area contributed by atoms with Crippen LogP contribution in [0, 0.1) is 15.4 Å². The molecule has 0 amide bonds. The molecule has 0 saturated heterocycles. The monoisotopic (exact) mass is 348 g/mol. The number of hydrogen-bond donors (Lipinski definition) is 0. The standard InChI is InChI=1S/C14H18ClI/c15-10-13(12-3-1-2-4-12)9-11-5-7-14(16)8-6-11/h5-8,12-13H,1-4,9-10H2. The second-order valence-electron chi connectivity index (χ2n) is 4.79. The molecule has 0 spiro atoms. The summed E-state index contributed by atoms with van der Waals surface area (Å²) in [5.74, 6) is 2.37. The Balaban J connectivity index is 1.97. The molecule has 0 aromatic heterocycles. The molecule has 0 N–H and O–H groups in total. The summed E-state index contributed by atoms with van der Waals surface area (Å²) in [6, 6.07) is 8.87. The molecule has 1 aliphatic rings. The minimum absolute atomic E-state index is 0.684. The highest BCUT2D eigenvalue weighted by Crippen LogP contribution is 2.33. The minimum Gasteiger partial charge on any atom is -0.126 e. The summed E-state index contributed by atoms with van der Waals surface area (Å²) < 4.78 is 1.31. The second-order valence-corrected chi connectivity index (χ2v) is 6.34. The fourth-order valence-electron chi connectivity index (χ4n) is 2.70. The molecule has 1 aromatic rings. The molecule has 2 heteroatoms. The van der Waals surface area contributed by atoms with Gasteiger partial charge in [0.15, 0.2) is 0 Å². The van der Waals surface area contributed by atoms with Crippen LogP contribution < -0.4 is 0 Å². The van der Waals surface area contributed by atoms with Crippen molar-refractivity contribution in [2.75, 3.05) is 5.88 Å². The van der Waals surface area contributed by atoms with Crippen molar-refractivity contribution in [2.45, 2.75) is 32.1 Å². The molecule has 1 saturated carbocycles. The molecule has 88 valence electrons. The van der Waals surface area contributed by atoms with E-state index >= 15 is 0 Å². The summed E-state index contributed by atoms with van der Waals surface area (Å²) in [5.41, 5.74) is 1.44. The Labute approximate surface area is 117 Å². The molecule has 0 radical (unpaired) electrons. The summed E-state index contributed by atoms with van der Waals surface area (Å²) >= 11 is 8.48. The lowest BCUT2D eigenvalue weighted by Gasteiger charge is -2.21. The number of rotatable bonds is 4. The Bertz CT molecular complexity index is 314. The lowest BCUT2D eigenvalue weighted by atomic mass is 9.87. The molecular formula is C14H18ClI. The van der Waals surface area contributed by atoms with Crippen molar-refractivity contribution >= 4 is 34.2 Å². The smallest absolute Gasteiger partial charge is 0.0257 e. The van der Waals surface area contributed by atoms with E-state index in [0.717, 1.165) is 18.2 Å². The van der Waals surface area contributed by atoms with E-state index in [1.807, 2.05) is 0 Å². The van der Waals surface area contributed by atoms with Gasteiger partial charge >= 0.3 is 0 Å². The van der Waals surface area contributed by atoms with Gasteiger partial charge in [0.2, 0.25) is 0 Å². The van der Waals surface area contributed by atoms with Crippen LogP contribution in [0.25, 0.3) is 0 Å². The van der Waals surface area contributed by atoms with Crippen molar-refractivity contribution in [2.24, 2.45) is 11.8 Å². The summed E-state index contributed by atoms with van der Waals surface area (Å²) in [4.78, 5) is 0. The third kappa shape index (κ3) is 3.36. The van der Waals surface area contributed by atoms with Crippen molar-refractivity contribution in [1.29, 1.82) is 0 Å². The zero-order valence-corrected chi connectivity index (χ0v) is 12.4. The van der Waals surface area contributed by atoms with Crippen LogP contribution in [0.1, 0.15) is 31.2 Å². The van der Waals surface area contributed by atoms with Crippen LogP contribution in [0.3, 0.4) is 0 Å². The van der Waals surface area contributed by atoms with Gasteiger partial charge in [-0.1, -0.05) is 37.8 Å². The van der Waals surface area contributed by atoms with Crippen LogP contribution in [-0.4, -0.2) is 5.88 Å². The van der Waals surface area contributed by atoms with Crippen LogP contribution in [0.4, 0.5) is 0 Å². The maximum Gasteiger partial charge on any atom is 0.0257 e. The summed E-state index contributed by atoms with van der Waals surface area (Å²) in [6.07, 6.45) is 6.75. The zero-order chi connectivity index (χ0) is 11.4. The molecular weight excluding hydrogens is 331 g/mol. The van der Waals surface area contributed by atoms with Gasteiger partial charge in [0, 0.05) is 9.45 Å². The predicted molar refractivity (Wildman–Crippen MR) is 79.0 cm³/mol. The maximum absolute atomic E-state index is 6.13. The Morgan fingerprint density at radius 3 is 2.38 bits per heavy atom. The molecule has 16 heavy (non-hydrogen) atoms.